The fourth-order valence-corrected chi connectivity index (χ4v) is 1.72. The van der Waals surface area contributed by atoms with Crippen LogP contribution in [0.5, 0.6) is 0 Å². The molecule has 2 aromatic heterocycles. The van der Waals surface area contributed by atoms with Gasteiger partial charge in [-0.05, 0) is 18.9 Å². The molecule has 2 aromatic rings. The molecule has 6 nitrogen and oxygen atoms in total. The van der Waals surface area contributed by atoms with Crippen LogP contribution in [0.3, 0.4) is 0 Å². The molecule has 0 atom stereocenters. The van der Waals surface area contributed by atoms with Crippen molar-refractivity contribution in [2.45, 2.75) is 24.9 Å². The third-order valence-electron chi connectivity index (χ3n) is 2.72. The number of hydrogen-bond acceptors (Lipinski definition) is 6. The Hall–Kier alpha value is -1.82. The Bertz CT molecular complexity index is 479. The van der Waals surface area contributed by atoms with E-state index < -0.39 is 0 Å². The predicted molar refractivity (Wildman–Crippen MR) is 53.3 cm³/mol. The Balaban J connectivity index is 1.83. The molecule has 0 amide bonds. The molecule has 0 unspecified atom stereocenters. The van der Waals surface area contributed by atoms with Gasteiger partial charge in [-0.1, -0.05) is 5.16 Å². The molecule has 0 radical (unpaired) electrons. The second-order valence-electron chi connectivity index (χ2n) is 3.87. The Morgan fingerprint density at radius 1 is 1.38 bits per heavy atom. The van der Waals surface area contributed by atoms with Gasteiger partial charge in [0.2, 0.25) is 11.7 Å². The molecule has 2 heterocycles. The van der Waals surface area contributed by atoms with Crippen molar-refractivity contribution in [2.24, 2.45) is 0 Å². The molecular weight excluding hydrogens is 208 g/mol. The third kappa shape index (κ3) is 1.57. The normalized spacial score (nSPS) is 24.1. The monoisotopic (exact) mass is 218 g/mol. The van der Waals surface area contributed by atoms with Gasteiger partial charge in [0.05, 0.1) is 6.10 Å². The van der Waals surface area contributed by atoms with E-state index in [1.807, 2.05) is 0 Å². The Kier molecular flexibility index (Phi) is 2.14. The van der Waals surface area contributed by atoms with Crippen molar-refractivity contribution in [3.8, 4) is 11.5 Å². The van der Waals surface area contributed by atoms with E-state index in [4.69, 9.17) is 4.52 Å². The van der Waals surface area contributed by atoms with E-state index in [2.05, 4.69) is 20.1 Å². The predicted octanol–water partition coefficient (Wildman–Crippen LogP) is 0.765. The topological polar surface area (TPSA) is 84.9 Å². The zero-order valence-corrected chi connectivity index (χ0v) is 8.45. The first-order valence-corrected chi connectivity index (χ1v) is 5.11. The second-order valence-corrected chi connectivity index (χ2v) is 3.87. The highest BCUT2D eigenvalue weighted by Crippen LogP contribution is 2.36. The number of nitrogens with zero attached hydrogens (tertiary/aromatic N) is 4. The van der Waals surface area contributed by atoms with Crippen LogP contribution < -0.4 is 0 Å². The summed E-state index contributed by atoms with van der Waals surface area (Å²) in [4.78, 5) is 12.1. The van der Waals surface area contributed by atoms with Gasteiger partial charge in [0.1, 0.15) is 12.0 Å². The zero-order valence-electron chi connectivity index (χ0n) is 8.45. The Morgan fingerprint density at radius 2 is 2.25 bits per heavy atom. The molecule has 1 aliphatic rings. The quantitative estimate of drug-likeness (QED) is 0.801. The fraction of sp³-hybridized carbons (Fsp3) is 0.400. The van der Waals surface area contributed by atoms with Gasteiger partial charge in [-0.2, -0.15) is 4.98 Å². The largest absolute Gasteiger partial charge is 0.393 e. The molecule has 1 fully saturated rings. The number of rotatable bonds is 2. The molecule has 82 valence electrons. The summed E-state index contributed by atoms with van der Waals surface area (Å²) in [6, 6.07) is 1.73. The molecule has 0 bridgehead atoms. The van der Waals surface area contributed by atoms with Crippen LogP contribution in [0.1, 0.15) is 24.7 Å². The smallest absolute Gasteiger partial charge is 0.230 e. The van der Waals surface area contributed by atoms with E-state index in [0.717, 1.165) is 0 Å². The molecule has 1 N–H and O–H groups in total. The molecule has 16 heavy (non-hydrogen) atoms. The van der Waals surface area contributed by atoms with E-state index in [1.165, 1.54) is 6.33 Å². The third-order valence-corrected chi connectivity index (χ3v) is 2.72. The van der Waals surface area contributed by atoms with Gasteiger partial charge in [0, 0.05) is 12.1 Å². The summed E-state index contributed by atoms with van der Waals surface area (Å²) in [5.41, 5.74) is 0.643. The maximum absolute atomic E-state index is 9.19. The maximum atomic E-state index is 9.19. The molecule has 0 spiro atoms. The lowest BCUT2D eigenvalue weighted by atomic mass is 9.82. The molecule has 0 saturated heterocycles. The highest BCUT2D eigenvalue weighted by atomic mass is 16.5. The molecule has 0 aromatic carbocycles. The molecule has 1 aliphatic carbocycles. The lowest BCUT2D eigenvalue weighted by Gasteiger charge is -2.27. The zero-order chi connectivity index (χ0) is 11.0. The average Bonchev–Trinajstić information content (AvgIpc) is 2.75. The summed E-state index contributed by atoms with van der Waals surface area (Å²) in [5, 5.41) is 13.0. The van der Waals surface area contributed by atoms with Crippen LogP contribution in [0.15, 0.2) is 23.1 Å². The number of aliphatic hydroxyl groups excluding tert-OH is 1. The van der Waals surface area contributed by atoms with Crippen LogP contribution in [0.4, 0.5) is 0 Å². The summed E-state index contributed by atoms with van der Waals surface area (Å²) >= 11 is 0. The number of hydrogen-bond donors (Lipinski definition) is 1. The number of aromatic nitrogens is 4. The van der Waals surface area contributed by atoms with E-state index in [9.17, 15) is 5.11 Å². The highest BCUT2D eigenvalue weighted by molar-refractivity contribution is 5.46. The van der Waals surface area contributed by atoms with Crippen molar-refractivity contribution in [3.05, 3.63) is 24.5 Å². The van der Waals surface area contributed by atoms with Gasteiger partial charge >= 0.3 is 0 Å². The second kappa shape index (κ2) is 3.64. The van der Waals surface area contributed by atoms with E-state index in [1.54, 1.807) is 12.3 Å². The summed E-state index contributed by atoms with van der Waals surface area (Å²) in [6.07, 6.45) is 4.25. The summed E-state index contributed by atoms with van der Waals surface area (Å²) < 4.78 is 5.14. The lowest BCUT2D eigenvalue weighted by molar-refractivity contribution is 0.0625. The van der Waals surface area contributed by atoms with Crippen molar-refractivity contribution in [3.63, 3.8) is 0 Å². The molecule has 1 saturated carbocycles. The van der Waals surface area contributed by atoms with Crippen molar-refractivity contribution in [2.75, 3.05) is 0 Å². The van der Waals surface area contributed by atoms with Crippen molar-refractivity contribution >= 4 is 0 Å². The van der Waals surface area contributed by atoms with Crippen molar-refractivity contribution < 1.29 is 9.63 Å². The van der Waals surface area contributed by atoms with Gasteiger partial charge in [0.25, 0.3) is 0 Å². The van der Waals surface area contributed by atoms with Gasteiger partial charge < -0.3 is 9.63 Å². The highest BCUT2D eigenvalue weighted by Gasteiger charge is 2.33. The van der Waals surface area contributed by atoms with Crippen molar-refractivity contribution in [1.82, 2.24) is 20.1 Å². The maximum Gasteiger partial charge on any atom is 0.230 e. The van der Waals surface area contributed by atoms with Crippen molar-refractivity contribution in [1.29, 1.82) is 0 Å². The van der Waals surface area contributed by atoms with Crippen LogP contribution in [-0.2, 0) is 0 Å². The molecule has 3 rings (SSSR count). The average molecular weight is 218 g/mol. The van der Waals surface area contributed by atoms with E-state index in [-0.39, 0.29) is 12.0 Å². The Morgan fingerprint density at radius 3 is 2.94 bits per heavy atom. The van der Waals surface area contributed by atoms with Gasteiger partial charge in [-0.15, -0.1) is 0 Å². The van der Waals surface area contributed by atoms with Crippen LogP contribution in [-0.4, -0.2) is 31.3 Å². The van der Waals surface area contributed by atoms with Crippen LogP contribution in [0.25, 0.3) is 11.5 Å². The fourth-order valence-electron chi connectivity index (χ4n) is 1.72. The van der Waals surface area contributed by atoms with Crippen LogP contribution >= 0.6 is 0 Å². The first-order chi connectivity index (χ1) is 7.83. The van der Waals surface area contributed by atoms with E-state index >= 15 is 0 Å². The first-order valence-electron chi connectivity index (χ1n) is 5.11. The van der Waals surface area contributed by atoms with Crippen LogP contribution in [0, 0.1) is 0 Å². The summed E-state index contributed by atoms with van der Waals surface area (Å²) in [5.74, 6) is 1.25. The first kappa shape index (κ1) is 9.41. The van der Waals surface area contributed by atoms with Crippen LogP contribution in [0.2, 0.25) is 0 Å². The standard InChI is InChI=1S/C10H10N4O2/c15-7-3-6(4-7)10-13-9(14-16-10)8-1-2-11-5-12-8/h1-2,5-7,15H,3-4H2. The molecular formula is C10H10N4O2. The minimum Gasteiger partial charge on any atom is -0.393 e. The lowest BCUT2D eigenvalue weighted by Crippen LogP contribution is -2.26. The van der Waals surface area contributed by atoms with E-state index in [0.29, 0.717) is 30.3 Å². The SMILES string of the molecule is OC1CC(c2nc(-c3ccncn3)no2)C1. The molecule has 0 aliphatic heterocycles. The van der Waals surface area contributed by atoms with Gasteiger partial charge in [0.15, 0.2) is 0 Å². The number of aliphatic hydroxyl groups is 1. The minimum absolute atomic E-state index is 0.193. The minimum atomic E-state index is -0.223. The van der Waals surface area contributed by atoms with Gasteiger partial charge in [-0.3, -0.25) is 0 Å². The summed E-state index contributed by atoms with van der Waals surface area (Å²) in [7, 11) is 0. The van der Waals surface area contributed by atoms with Gasteiger partial charge in [-0.25, -0.2) is 9.97 Å². The summed E-state index contributed by atoms with van der Waals surface area (Å²) in [6.45, 7) is 0. The Labute approximate surface area is 91.4 Å². The molecule has 6 heteroatoms.